The van der Waals surface area contributed by atoms with Crippen molar-refractivity contribution in [1.82, 2.24) is 15.5 Å². The molecule has 0 spiro atoms. The van der Waals surface area contributed by atoms with Gasteiger partial charge in [-0.2, -0.15) is 5.10 Å². The van der Waals surface area contributed by atoms with E-state index in [4.69, 9.17) is 23.2 Å². The van der Waals surface area contributed by atoms with E-state index in [0.717, 1.165) is 27.7 Å². The van der Waals surface area contributed by atoms with Gasteiger partial charge in [0, 0.05) is 23.3 Å². The van der Waals surface area contributed by atoms with E-state index in [1.165, 1.54) is 0 Å². The van der Waals surface area contributed by atoms with Crippen molar-refractivity contribution in [1.29, 1.82) is 0 Å². The number of urea groups is 1. The lowest BCUT2D eigenvalue weighted by Crippen LogP contribution is -2.24. The van der Waals surface area contributed by atoms with Gasteiger partial charge in [0.05, 0.1) is 27.7 Å². The maximum atomic E-state index is 12.4. The molecule has 3 amide bonds. The number of amides is 3. The second-order valence-electron chi connectivity index (χ2n) is 7.35. The molecule has 7 nitrogen and oxygen atoms in total. The normalized spacial score (nSPS) is 10.8. The standard InChI is InChI=1S/C24H21Cl2N5O2/c1-2-27-23(32)13-22-18-8-6-15(11-21(18)30-31-22)14-4-3-5-16(10-14)28-24(33)29-17-7-9-19(25)20(26)12-17/h3-12H,2,13H2,1H3,(H,27,32)(H,30,31)(H2,28,29,33). The zero-order valence-corrected chi connectivity index (χ0v) is 19.2. The van der Waals surface area contributed by atoms with Crippen LogP contribution in [0.3, 0.4) is 0 Å². The van der Waals surface area contributed by atoms with Crippen LogP contribution in [-0.2, 0) is 11.2 Å². The average molecular weight is 482 g/mol. The van der Waals surface area contributed by atoms with Crippen LogP contribution in [0.2, 0.25) is 10.0 Å². The van der Waals surface area contributed by atoms with Gasteiger partial charge < -0.3 is 16.0 Å². The van der Waals surface area contributed by atoms with Crippen LogP contribution >= 0.6 is 23.2 Å². The number of benzene rings is 3. The van der Waals surface area contributed by atoms with Crippen LogP contribution in [0.15, 0.2) is 60.7 Å². The Kier molecular flexibility index (Phi) is 6.82. The Bertz CT molecular complexity index is 1340. The summed E-state index contributed by atoms with van der Waals surface area (Å²) >= 11 is 11.9. The molecule has 0 radical (unpaired) electrons. The van der Waals surface area contributed by atoms with Gasteiger partial charge in [-0.25, -0.2) is 4.79 Å². The number of H-pyrrole nitrogens is 1. The number of rotatable bonds is 6. The summed E-state index contributed by atoms with van der Waals surface area (Å²) in [4.78, 5) is 24.3. The summed E-state index contributed by atoms with van der Waals surface area (Å²) in [5.74, 6) is -0.0509. The van der Waals surface area contributed by atoms with Crippen molar-refractivity contribution in [2.45, 2.75) is 13.3 Å². The number of carbonyl (C=O) groups is 2. The van der Waals surface area contributed by atoms with E-state index in [9.17, 15) is 9.59 Å². The zero-order chi connectivity index (χ0) is 23.4. The molecule has 4 aromatic rings. The van der Waals surface area contributed by atoms with Crippen molar-refractivity contribution < 1.29 is 9.59 Å². The minimum Gasteiger partial charge on any atom is -0.356 e. The van der Waals surface area contributed by atoms with Crippen LogP contribution in [0.4, 0.5) is 16.2 Å². The number of aromatic nitrogens is 2. The van der Waals surface area contributed by atoms with E-state index in [1.54, 1.807) is 24.3 Å². The number of likely N-dealkylation sites (N-methyl/N-ethyl adjacent to an activating group) is 1. The summed E-state index contributed by atoms with van der Waals surface area (Å²) in [6.07, 6.45) is 0.247. The summed E-state index contributed by atoms with van der Waals surface area (Å²) < 4.78 is 0. The molecule has 0 aliphatic rings. The van der Waals surface area contributed by atoms with Gasteiger partial charge >= 0.3 is 6.03 Å². The number of anilines is 2. The molecule has 0 saturated heterocycles. The minimum atomic E-state index is -0.400. The minimum absolute atomic E-state index is 0.0509. The van der Waals surface area contributed by atoms with Crippen molar-refractivity contribution in [2.75, 3.05) is 17.2 Å². The number of fused-ring (bicyclic) bond motifs is 1. The molecule has 0 atom stereocenters. The van der Waals surface area contributed by atoms with Crippen LogP contribution in [0, 0.1) is 0 Å². The third kappa shape index (κ3) is 5.45. The van der Waals surface area contributed by atoms with Crippen LogP contribution in [0.1, 0.15) is 12.6 Å². The second-order valence-corrected chi connectivity index (χ2v) is 8.17. The van der Waals surface area contributed by atoms with Crippen molar-refractivity contribution in [2.24, 2.45) is 0 Å². The quantitative estimate of drug-likeness (QED) is 0.277. The molecular weight excluding hydrogens is 461 g/mol. The van der Waals surface area contributed by atoms with Crippen LogP contribution in [-0.4, -0.2) is 28.7 Å². The molecule has 168 valence electrons. The number of aromatic amines is 1. The monoisotopic (exact) mass is 481 g/mol. The third-order valence-corrected chi connectivity index (χ3v) is 5.72. The molecule has 0 unspecified atom stereocenters. The van der Waals surface area contributed by atoms with E-state index in [-0.39, 0.29) is 12.3 Å². The largest absolute Gasteiger partial charge is 0.356 e. The fourth-order valence-electron chi connectivity index (χ4n) is 3.45. The predicted octanol–water partition coefficient (Wildman–Crippen LogP) is 5.86. The van der Waals surface area contributed by atoms with Gasteiger partial charge in [-0.15, -0.1) is 0 Å². The van der Waals surface area contributed by atoms with Gasteiger partial charge in [0.2, 0.25) is 5.91 Å². The molecule has 0 fully saturated rings. The SMILES string of the molecule is CCNC(=O)Cc1[nH]nc2cc(-c3cccc(NC(=O)Nc4ccc(Cl)c(Cl)c4)c3)ccc12. The summed E-state index contributed by atoms with van der Waals surface area (Å²) in [6, 6.07) is 17.8. The van der Waals surface area contributed by atoms with E-state index >= 15 is 0 Å². The first-order chi connectivity index (χ1) is 15.9. The number of nitrogens with one attached hydrogen (secondary N) is 4. The fourth-order valence-corrected chi connectivity index (χ4v) is 3.74. The second kappa shape index (κ2) is 9.94. The maximum absolute atomic E-state index is 12.4. The molecule has 9 heteroatoms. The van der Waals surface area contributed by atoms with Crippen LogP contribution in [0.25, 0.3) is 22.0 Å². The van der Waals surface area contributed by atoms with Crippen LogP contribution in [0.5, 0.6) is 0 Å². The Morgan fingerprint density at radius 3 is 2.42 bits per heavy atom. The highest BCUT2D eigenvalue weighted by Crippen LogP contribution is 2.28. The zero-order valence-electron chi connectivity index (χ0n) is 17.7. The van der Waals surface area contributed by atoms with Crippen molar-refractivity contribution in [3.63, 3.8) is 0 Å². The maximum Gasteiger partial charge on any atom is 0.323 e. The van der Waals surface area contributed by atoms with Gasteiger partial charge in [0.1, 0.15) is 0 Å². The van der Waals surface area contributed by atoms with Gasteiger partial charge in [0.25, 0.3) is 0 Å². The summed E-state index contributed by atoms with van der Waals surface area (Å²) in [5, 5.41) is 17.3. The molecule has 0 saturated carbocycles. The van der Waals surface area contributed by atoms with E-state index in [1.807, 2.05) is 43.3 Å². The van der Waals surface area contributed by atoms with Crippen molar-refractivity contribution in [3.05, 3.63) is 76.4 Å². The number of hydrogen-bond donors (Lipinski definition) is 4. The lowest BCUT2D eigenvalue weighted by Gasteiger charge is -2.10. The highest BCUT2D eigenvalue weighted by atomic mass is 35.5. The molecule has 1 heterocycles. The van der Waals surface area contributed by atoms with Gasteiger partial charge in [0.15, 0.2) is 0 Å². The summed E-state index contributed by atoms with van der Waals surface area (Å²) in [5.41, 5.74) is 4.55. The first-order valence-electron chi connectivity index (χ1n) is 10.3. The Balaban J connectivity index is 1.49. The Labute approximate surface area is 200 Å². The van der Waals surface area contributed by atoms with E-state index in [0.29, 0.717) is 28.0 Å². The first-order valence-corrected chi connectivity index (χ1v) is 11.1. The molecule has 0 aliphatic carbocycles. The number of hydrogen-bond acceptors (Lipinski definition) is 3. The van der Waals surface area contributed by atoms with Gasteiger partial charge in [-0.3, -0.25) is 9.89 Å². The van der Waals surface area contributed by atoms with Crippen molar-refractivity contribution in [3.8, 4) is 11.1 Å². The fraction of sp³-hybridized carbons (Fsp3) is 0.125. The molecule has 33 heavy (non-hydrogen) atoms. The Morgan fingerprint density at radius 2 is 1.67 bits per heavy atom. The van der Waals surface area contributed by atoms with Gasteiger partial charge in [-0.1, -0.05) is 47.5 Å². The highest BCUT2D eigenvalue weighted by molar-refractivity contribution is 6.42. The van der Waals surface area contributed by atoms with E-state index < -0.39 is 6.03 Å². The van der Waals surface area contributed by atoms with Crippen molar-refractivity contribution >= 4 is 57.4 Å². The number of nitrogens with zero attached hydrogens (tertiary/aromatic N) is 1. The summed E-state index contributed by atoms with van der Waals surface area (Å²) in [7, 11) is 0. The first kappa shape index (κ1) is 22.6. The molecule has 4 N–H and O–H groups in total. The number of halogens is 2. The molecule has 4 rings (SSSR count). The molecule has 1 aromatic heterocycles. The predicted molar refractivity (Wildman–Crippen MR) is 133 cm³/mol. The van der Waals surface area contributed by atoms with E-state index in [2.05, 4.69) is 26.1 Å². The molecule has 0 aliphatic heterocycles. The molecule has 3 aromatic carbocycles. The number of carbonyl (C=O) groups excluding carboxylic acids is 2. The Hall–Kier alpha value is -3.55. The molecular formula is C24H21Cl2N5O2. The third-order valence-electron chi connectivity index (χ3n) is 4.98. The smallest absolute Gasteiger partial charge is 0.323 e. The highest BCUT2D eigenvalue weighted by Gasteiger charge is 2.11. The lowest BCUT2D eigenvalue weighted by atomic mass is 10.0. The lowest BCUT2D eigenvalue weighted by molar-refractivity contribution is -0.120. The summed E-state index contributed by atoms with van der Waals surface area (Å²) in [6.45, 7) is 2.47. The van der Waals surface area contributed by atoms with Gasteiger partial charge in [-0.05, 0) is 54.4 Å². The Morgan fingerprint density at radius 1 is 0.909 bits per heavy atom. The van der Waals surface area contributed by atoms with Crippen LogP contribution < -0.4 is 16.0 Å². The average Bonchev–Trinajstić information content (AvgIpc) is 3.18. The topological polar surface area (TPSA) is 98.9 Å². The molecule has 0 bridgehead atoms.